The normalized spacial score (nSPS) is 14.0. The molecule has 1 aliphatic rings. The van der Waals surface area contributed by atoms with Gasteiger partial charge < -0.3 is 5.32 Å². The van der Waals surface area contributed by atoms with Gasteiger partial charge in [-0.2, -0.15) is 5.10 Å². The van der Waals surface area contributed by atoms with Crippen LogP contribution in [0.25, 0.3) is 0 Å². The van der Waals surface area contributed by atoms with Gasteiger partial charge in [-0.1, -0.05) is 46.3 Å². The summed E-state index contributed by atoms with van der Waals surface area (Å²) < 4.78 is 2.36. The first-order chi connectivity index (χ1) is 14.5. The number of carbonyl (C=O) groups excluding carboxylic acids is 3. The molecule has 0 aliphatic carbocycles. The molecule has 1 aliphatic heterocycles. The van der Waals surface area contributed by atoms with E-state index in [9.17, 15) is 14.4 Å². The fourth-order valence-corrected chi connectivity index (χ4v) is 3.74. The topological polar surface area (TPSA) is 97.2 Å². The molecule has 0 spiro atoms. The van der Waals surface area contributed by atoms with Crippen molar-refractivity contribution in [3.8, 4) is 0 Å². The van der Waals surface area contributed by atoms with Gasteiger partial charge >= 0.3 is 0 Å². The number of amides is 3. The number of imide groups is 1. The SMILES string of the molecule is O=C(CCN1C(=O)c2ccc(Br)cc2C1=O)NC(Cn1cncn1)c1ccccc1. The van der Waals surface area contributed by atoms with Crippen LogP contribution >= 0.6 is 15.9 Å². The van der Waals surface area contributed by atoms with Crippen LogP contribution in [0.5, 0.6) is 0 Å². The van der Waals surface area contributed by atoms with Crippen molar-refractivity contribution in [2.45, 2.75) is 19.0 Å². The van der Waals surface area contributed by atoms with Crippen LogP contribution in [0, 0.1) is 0 Å². The summed E-state index contributed by atoms with van der Waals surface area (Å²) in [7, 11) is 0. The first-order valence-corrected chi connectivity index (χ1v) is 10.1. The highest BCUT2D eigenvalue weighted by atomic mass is 79.9. The van der Waals surface area contributed by atoms with Crippen LogP contribution in [-0.4, -0.2) is 43.9 Å². The molecule has 30 heavy (non-hydrogen) atoms. The summed E-state index contributed by atoms with van der Waals surface area (Å²) in [5, 5.41) is 7.07. The minimum absolute atomic E-state index is 0.00727. The molecule has 0 saturated heterocycles. The molecule has 1 unspecified atom stereocenters. The van der Waals surface area contributed by atoms with Crippen molar-refractivity contribution < 1.29 is 14.4 Å². The summed E-state index contributed by atoms with van der Waals surface area (Å²) in [5.74, 6) is -1.02. The third-order valence-corrected chi connectivity index (χ3v) is 5.36. The predicted octanol–water partition coefficient (Wildman–Crippen LogP) is 2.58. The van der Waals surface area contributed by atoms with Gasteiger partial charge in [-0.15, -0.1) is 0 Å². The highest BCUT2D eigenvalue weighted by Gasteiger charge is 2.35. The number of aromatic nitrogens is 3. The maximum absolute atomic E-state index is 12.6. The zero-order valence-corrected chi connectivity index (χ0v) is 17.4. The summed E-state index contributed by atoms with van der Waals surface area (Å²) in [6, 6.07) is 14.2. The van der Waals surface area contributed by atoms with E-state index in [1.54, 1.807) is 29.2 Å². The second kappa shape index (κ2) is 8.58. The van der Waals surface area contributed by atoms with E-state index in [0.29, 0.717) is 17.7 Å². The lowest BCUT2D eigenvalue weighted by molar-refractivity contribution is -0.122. The van der Waals surface area contributed by atoms with E-state index in [-0.39, 0.29) is 36.7 Å². The van der Waals surface area contributed by atoms with Gasteiger partial charge in [-0.25, -0.2) is 4.98 Å². The lowest BCUT2D eigenvalue weighted by Gasteiger charge is -2.20. The second-order valence-corrected chi connectivity index (χ2v) is 7.77. The number of hydrogen-bond acceptors (Lipinski definition) is 5. The zero-order chi connectivity index (χ0) is 21.1. The van der Waals surface area contributed by atoms with Crippen molar-refractivity contribution in [2.24, 2.45) is 0 Å². The molecule has 2 aromatic carbocycles. The van der Waals surface area contributed by atoms with Gasteiger partial charge in [-0.3, -0.25) is 24.0 Å². The molecule has 1 aromatic heterocycles. The van der Waals surface area contributed by atoms with E-state index >= 15 is 0 Å². The molecule has 1 atom stereocenters. The molecule has 3 amide bonds. The number of fused-ring (bicyclic) bond motifs is 1. The third kappa shape index (κ3) is 4.16. The first-order valence-electron chi connectivity index (χ1n) is 9.35. The van der Waals surface area contributed by atoms with Gasteiger partial charge in [-0.05, 0) is 23.8 Å². The predicted molar refractivity (Wildman–Crippen MR) is 111 cm³/mol. The van der Waals surface area contributed by atoms with E-state index in [2.05, 4.69) is 31.3 Å². The Morgan fingerprint density at radius 2 is 1.83 bits per heavy atom. The van der Waals surface area contributed by atoms with Crippen LogP contribution in [0.1, 0.15) is 38.7 Å². The Morgan fingerprint density at radius 3 is 2.57 bits per heavy atom. The van der Waals surface area contributed by atoms with E-state index in [1.165, 1.54) is 6.33 Å². The minimum Gasteiger partial charge on any atom is -0.347 e. The smallest absolute Gasteiger partial charge is 0.261 e. The molecule has 0 fully saturated rings. The molecule has 0 radical (unpaired) electrons. The Kier molecular flexibility index (Phi) is 5.71. The monoisotopic (exact) mass is 467 g/mol. The van der Waals surface area contributed by atoms with Gasteiger partial charge in [0.2, 0.25) is 5.91 Å². The van der Waals surface area contributed by atoms with Crippen LogP contribution in [0.15, 0.2) is 65.7 Å². The van der Waals surface area contributed by atoms with E-state index in [4.69, 9.17) is 0 Å². The van der Waals surface area contributed by atoms with Crippen molar-refractivity contribution in [3.63, 3.8) is 0 Å². The molecule has 4 rings (SSSR count). The van der Waals surface area contributed by atoms with Crippen LogP contribution in [0.3, 0.4) is 0 Å². The van der Waals surface area contributed by atoms with Crippen molar-refractivity contribution in [2.75, 3.05) is 6.54 Å². The third-order valence-electron chi connectivity index (χ3n) is 4.87. The molecular formula is C21H18BrN5O3. The molecule has 1 N–H and O–H groups in total. The van der Waals surface area contributed by atoms with Gasteiger partial charge in [0.25, 0.3) is 11.8 Å². The number of carbonyl (C=O) groups is 3. The number of nitrogens with one attached hydrogen (secondary N) is 1. The first kappa shape index (κ1) is 20.0. The van der Waals surface area contributed by atoms with Gasteiger partial charge in [0.15, 0.2) is 0 Å². The standard InChI is InChI=1S/C21H18BrN5O3/c22-15-6-7-16-17(10-15)21(30)27(20(16)29)9-8-19(28)25-18(11-26-13-23-12-24-26)14-4-2-1-3-5-14/h1-7,10,12-13,18H,8-9,11H2,(H,25,28). The van der Waals surface area contributed by atoms with Crippen molar-refractivity contribution in [1.29, 1.82) is 0 Å². The molecule has 9 heteroatoms. The molecule has 0 bridgehead atoms. The number of benzene rings is 2. The Balaban J connectivity index is 1.42. The number of halogens is 1. The zero-order valence-electron chi connectivity index (χ0n) is 15.9. The Hall–Kier alpha value is -3.33. The summed E-state index contributed by atoms with van der Waals surface area (Å²) in [6.07, 6.45) is 3.02. The number of hydrogen-bond donors (Lipinski definition) is 1. The Bertz CT molecular complexity index is 1090. The van der Waals surface area contributed by atoms with Crippen LogP contribution in [0.4, 0.5) is 0 Å². The lowest BCUT2D eigenvalue weighted by atomic mass is 10.1. The van der Waals surface area contributed by atoms with E-state index in [1.807, 2.05) is 30.3 Å². The van der Waals surface area contributed by atoms with Crippen LogP contribution in [0.2, 0.25) is 0 Å². The lowest BCUT2D eigenvalue weighted by Crippen LogP contribution is -2.36. The second-order valence-electron chi connectivity index (χ2n) is 6.85. The molecule has 0 saturated carbocycles. The average molecular weight is 468 g/mol. The Labute approximate surface area is 181 Å². The molecule has 152 valence electrons. The summed E-state index contributed by atoms with van der Waals surface area (Å²) >= 11 is 3.31. The van der Waals surface area contributed by atoms with Gasteiger partial charge in [0, 0.05) is 17.4 Å². The highest BCUT2D eigenvalue weighted by Crippen LogP contribution is 2.26. The van der Waals surface area contributed by atoms with Crippen LogP contribution < -0.4 is 5.32 Å². The van der Waals surface area contributed by atoms with Crippen molar-refractivity contribution in [3.05, 3.63) is 82.3 Å². The summed E-state index contributed by atoms with van der Waals surface area (Å²) in [4.78, 5) is 42.8. The van der Waals surface area contributed by atoms with Crippen molar-refractivity contribution in [1.82, 2.24) is 25.0 Å². The highest BCUT2D eigenvalue weighted by molar-refractivity contribution is 9.10. The number of rotatable bonds is 7. The maximum Gasteiger partial charge on any atom is 0.261 e. The number of nitrogens with zero attached hydrogens (tertiary/aromatic N) is 4. The van der Waals surface area contributed by atoms with Gasteiger partial charge in [0.05, 0.1) is 23.7 Å². The summed E-state index contributed by atoms with van der Waals surface area (Å²) in [6.45, 7) is 0.428. The fraction of sp³-hybridized carbons (Fsp3) is 0.190. The fourth-order valence-electron chi connectivity index (χ4n) is 3.38. The van der Waals surface area contributed by atoms with Crippen LogP contribution in [-0.2, 0) is 11.3 Å². The molecule has 2 heterocycles. The summed E-state index contributed by atoms with van der Waals surface area (Å²) in [5.41, 5.74) is 1.63. The largest absolute Gasteiger partial charge is 0.347 e. The average Bonchev–Trinajstić information content (AvgIpc) is 3.34. The Morgan fingerprint density at radius 1 is 1.07 bits per heavy atom. The minimum atomic E-state index is -0.383. The van der Waals surface area contributed by atoms with Crippen molar-refractivity contribution >= 4 is 33.7 Å². The molecule has 8 nitrogen and oxygen atoms in total. The van der Waals surface area contributed by atoms with Gasteiger partial charge in [0.1, 0.15) is 12.7 Å². The van der Waals surface area contributed by atoms with E-state index < -0.39 is 0 Å². The molecular weight excluding hydrogens is 450 g/mol. The van der Waals surface area contributed by atoms with E-state index in [0.717, 1.165) is 14.9 Å². The molecule has 3 aromatic rings. The quantitative estimate of drug-likeness (QED) is 0.538. The maximum atomic E-state index is 12.6.